The molecule has 0 aliphatic rings. The fourth-order valence-electron chi connectivity index (χ4n) is 1.83. The highest BCUT2D eigenvalue weighted by Crippen LogP contribution is 2.23. The Hall–Kier alpha value is -2.03. The first-order chi connectivity index (χ1) is 12.6. The molecule has 2 aromatic rings. The van der Waals surface area contributed by atoms with Gasteiger partial charge in [-0.05, 0) is 48.3 Å². The van der Waals surface area contributed by atoms with Crippen LogP contribution in [0.5, 0.6) is 5.75 Å². The van der Waals surface area contributed by atoms with Crippen molar-refractivity contribution in [2.45, 2.75) is 11.8 Å². The lowest BCUT2D eigenvalue weighted by Gasteiger charge is -2.08. The predicted molar refractivity (Wildman–Crippen MR) is 105 cm³/mol. The SMILES string of the molecule is COCCOc1ccc(SNc2ccc(C(=O)CSC(C)=O)cn2)cc1. The van der Waals surface area contributed by atoms with E-state index in [1.807, 2.05) is 24.3 Å². The first-order valence-electron chi connectivity index (χ1n) is 7.86. The summed E-state index contributed by atoms with van der Waals surface area (Å²) in [6, 6.07) is 11.1. The minimum absolute atomic E-state index is 0.0730. The van der Waals surface area contributed by atoms with E-state index >= 15 is 0 Å². The van der Waals surface area contributed by atoms with Gasteiger partial charge in [0.25, 0.3) is 0 Å². The van der Waals surface area contributed by atoms with Crippen LogP contribution in [-0.4, -0.2) is 42.0 Å². The Morgan fingerprint density at radius 1 is 1.12 bits per heavy atom. The molecule has 0 spiro atoms. The molecule has 26 heavy (non-hydrogen) atoms. The number of thioether (sulfide) groups is 1. The fourth-order valence-corrected chi connectivity index (χ4v) is 2.94. The van der Waals surface area contributed by atoms with Crippen molar-refractivity contribution in [2.75, 3.05) is 30.8 Å². The van der Waals surface area contributed by atoms with Crippen molar-refractivity contribution < 1.29 is 19.1 Å². The summed E-state index contributed by atoms with van der Waals surface area (Å²) in [6.45, 7) is 2.51. The highest BCUT2D eigenvalue weighted by Gasteiger charge is 2.08. The van der Waals surface area contributed by atoms with Crippen molar-refractivity contribution in [3.05, 3.63) is 48.2 Å². The van der Waals surface area contributed by atoms with Gasteiger partial charge in [-0.1, -0.05) is 11.8 Å². The van der Waals surface area contributed by atoms with Gasteiger partial charge in [0.1, 0.15) is 18.2 Å². The van der Waals surface area contributed by atoms with Crippen LogP contribution in [0, 0.1) is 0 Å². The van der Waals surface area contributed by atoms with E-state index in [-0.39, 0.29) is 16.7 Å². The summed E-state index contributed by atoms with van der Waals surface area (Å²) in [5.41, 5.74) is 0.492. The zero-order chi connectivity index (χ0) is 18.8. The van der Waals surface area contributed by atoms with E-state index in [9.17, 15) is 9.59 Å². The van der Waals surface area contributed by atoms with Gasteiger partial charge in [-0.15, -0.1) is 0 Å². The zero-order valence-electron chi connectivity index (χ0n) is 14.6. The lowest BCUT2D eigenvalue weighted by atomic mass is 10.2. The molecule has 0 bridgehead atoms. The number of benzene rings is 1. The van der Waals surface area contributed by atoms with Crippen molar-refractivity contribution in [3.63, 3.8) is 0 Å². The van der Waals surface area contributed by atoms with Crippen molar-refractivity contribution >= 4 is 40.4 Å². The van der Waals surface area contributed by atoms with Gasteiger partial charge in [0, 0.05) is 30.7 Å². The van der Waals surface area contributed by atoms with E-state index in [0.717, 1.165) is 22.4 Å². The first-order valence-corrected chi connectivity index (χ1v) is 9.66. The second kappa shape index (κ2) is 10.8. The number of aromatic nitrogens is 1. The Labute approximate surface area is 161 Å². The van der Waals surface area contributed by atoms with Crippen LogP contribution in [0.15, 0.2) is 47.5 Å². The number of anilines is 1. The van der Waals surface area contributed by atoms with E-state index in [1.165, 1.54) is 25.1 Å². The van der Waals surface area contributed by atoms with Gasteiger partial charge in [0.15, 0.2) is 10.9 Å². The molecule has 138 valence electrons. The number of pyridine rings is 1. The molecular weight excluding hydrogens is 372 g/mol. The number of nitrogens with zero attached hydrogens (tertiary/aromatic N) is 1. The molecular formula is C18H20N2O4S2. The first kappa shape index (κ1) is 20.3. The lowest BCUT2D eigenvalue weighted by molar-refractivity contribution is -0.109. The van der Waals surface area contributed by atoms with Crippen molar-refractivity contribution in [1.29, 1.82) is 0 Å². The molecule has 1 heterocycles. The Morgan fingerprint density at radius 2 is 1.88 bits per heavy atom. The number of nitrogens with one attached hydrogen (secondary N) is 1. The fraction of sp³-hybridized carbons (Fsp3) is 0.278. The number of carbonyl (C=O) groups excluding carboxylic acids is 2. The molecule has 0 saturated carbocycles. The Bertz CT molecular complexity index is 721. The van der Waals surface area contributed by atoms with Gasteiger partial charge >= 0.3 is 0 Å². The van der Waals surface area contributed by atoms with E-state index < -0.39 is 0 Å². The molecule has 6 nitrogen and oxygen atoms in total. The van der Waals surface area contributed by atoms with Crippen molar-refractivity contribution in [2.24, 2.45) is 0 Å². The van der Waals surface area contributed by atoms with Crippen LogP contribution in [0.1, 0.15) is 17.3 Å². The second-order valence-corrected chi connectivity index (χ2v) is 7.18. The van der Waals surface area contributed by atoms with Gasteiger partial charge in [-0.2, -0.15) is 0 Å². The lowest BCUT2D eigenvalue weighted by Crippen LogP contribution is -2.05. The van der Waals surface area contributed by atoms with E-state index in [0.29, 0.717) is 24.6 Å². The van der Waals surface area contributed by atoms with E-state index in [4.69, 9.17) is 9.47 Å². The minimum atomic E-state index is -0.110. The third kappa shape index (κ3) is 7.07. The molecule has 2 rings (SSSR count). The number of hydrogen-bond donors (Lipinski definition) is 1. The van der Waals surface area contributed by atoms with Crippen LogP contribution in [0.2, 0.25) is 0 Å². The molecule has 0 radical (unpaired) electrons. The average molecular weight is 393 g/mol. The number of methoxy groups -OCH3 is 1. The topological polar surface area (TPSA) is 77.5 Å². The zero-order valence-corrected chi connectivity index (χ0v) is 16.2. The summed E-state index contributed by atoms with van der Waals surface area (Å²) in [5.74, 6) is 1.46. The molecule has 0 aliphatic heterocycles. The highest BCUT2D eigenvalue weighted by molar-refractivity contribution is 8.14. The number of hydrogen-bond acceptors (Lipinski definition) is 8. The van der Waals surface area contributed by atoms with Crippen LogP contribution in [0.3, 0.4) is 0 Å². The molecule has 0 saturated heterocycles. The van der Waals surface area contributed by atoms with Gasteiger partial charge in [0.2, 0.25) is 0 Å². The summed E-state index contributed by atoms with van der Waals surface area (Å²) < 4.78 is 13.6. The van der Waals surface area contributed by atoms with Crippen LogP contribution in [0.4, 0.5) is 5.82 Å². The third-order valence-electron chi connectivity index (χ3n) is 3.15. The molecule has 1 N–H and O–H groups in total. The van der Waals surface area contributed by atoms with E-state index in [2.05, 4.69) is 9.71 Å². The number of ketones is 1. The van der Waals surface area contributed by atoms with Gasteiger partial charge in [-0.25, -0.2) is 4.98 Å². The monoisotopic (exact) mass is 392 g/mol. The van der Waals surface area contributed by atoms with Gasteiger partial charge in [0.05, 0.1) is 12.4 Å². The Balaban J connectivity index is 1.82. The third-order valence-corrected chi connectivity index (χ3v) is 4.78. The molecule has 0 aliphatic carbocycles. The number of Topliss-reactive ketones (excluding diaryl/α,β-unsaturated/α-hetero) is 1. The van der Waals surface area contributed by atoms with Crippen LogP contribution < -0.4 is 9.46 Å². The summed E-state index contributed by atoms with van der Waals surface area (Å²) >= 11 is 2.41. The molecule has 0 atom stereocenters. The van der Waals surface area contributed by atoms with Crippen LogP contribution >= 0.6 is 23.7 Å². The molecule has 0 unspecified atom stereocenters. The molecule has 1 aromatic carbocycles. The Morgan fingerprint density at radius 3 is 2.50 bits per heavy atom. The van der Waals surface area contributed by atoms with Crippen LogP contribution in [0.25, 0.3) is 0 Å². The molecule has 8 heteroatoms. The number of rotatable bonds is 10. The maximum absolute atomic E-state index is 11.9. The minimum Gasteiger partial charge on any atom is -0.491 e. The summed E-state index contributed by atoms with van der Waals surface area (Å²) in [5, 5.41) is -0.0730. The molecule has 1 aromatic heterocycles. The summed E-state index contributed by atoms with van der Waals surface area (Å²) in [7, 11) is 1.64. The standard InChI is InChI=1S/C18H20N2O4S2/c1-13(21)25-12-17(22)14-3-8-18(19-11-14)20-26-16-6-4-15(5-7-16)24-10-9-23-2/h3-8,11H,9-10,12H2,1-2H3,(H,19,20). The predicted octanol–water partition coefficient (Wildman–Crippen LogP) is 3.69. The molecule has 0 amide bonds. The second-order valence-electron chi connectivity index (χ2n) is 5.15. The smallest absolute Gasteiger partial charge is 0.186 e. The number of ether oxygens (including phenoxy) is 2. The van der Waals surface area contributed by atoms with Crippen molar-refractivity contribution in [1.82, 2.24) is 4.98 Å². The largest absolute Gasteiger partial charge is 0.491 e. The quantitative estimate of drug-likeness (QED) is 0.373. The highest BCUT2D eigenvalue weighted by atomic mass is 32.2. The maximum atomic E-state index is 11.9. The summed E-state index contributed by atoms with van der Waals surface area (Å²) in [4.78, 5) is 28.0. The number of carbonyl (C=O) groups is 2. The summed E-state index contributed by atoms with van der Waals surface area (Å²) in [6.07, 6.45) is 1.51. The maximum Gasteiger partial charge on any atom is 0.186 e. The van der Waals surface area contributed by atoms with Gasteiger partial charge in [-0.3, -0.25) is 9.59 Å². The van der Waals surface area contributed by atoms with Gasteiger partial charge < -0.3 is 14.2 Å². The van der Waals surface area contributed by atoms with Crippen LogP contribution in [-0.2, 0) is 9.53 Å². The van der Waals surface area contributed by atoms with Crippen molar-refractivity contribution in [3.8, 4) is 5.75 Å². The molecule has 0 fully saturated rings. The van der Waals surface area contributed by atoms with E-state index in [1.54, 1.807) is 19.2 Å². The average Bonchev–Trinajstić information content (AvgIpc) is 2.66. The Kier molecular flexibility index (Phi) is 8.46. The normalized spacial score (nSPS) is 10.4.